The van der Waals surface area contributed by atoms with E-state index in [0.29, 0.717) is 31.4 Å². The monoisotopic (exact) mass is 398 g/mol. The molecule has 1 unspecified atom stereocenters. The normalized spacial score (nSPS) is 16.9. The smallest absolute Gasteiger partial charge is 0.315 e. The number of piperidine rings is 1. The first kappa shape index (κ1) is 20.9. The van der Waals surface area contributed by atoms with E-state index in [4.69, 9.17) is 0 Å². The molecule has 8 nitrogen and oxygen atoms in total. The molecule has 0 spiro atoms. The fourth-order valence-electron chi connectivity index (χ4n) is 3.46. The SMILES string of the molecule is CC1CCCCN1Cc1ccc(CNC(=O)NCCNC(=O)c2ccn[nH]2)cc1. The molecule has 4 N–H and O–H groups in total. The highest BCUT2D eigenvalue weighted by Crippen LogP contribution is 2.19. The van der Waals surface area contributed by atoms with Gasteiger partial charge in [0.2, 0.25) is 0 Å². The molecule has 1 aromatic carbocycles. The van der Waals surface area contributed by atoms with Gasteiger partial charge in [-0.15, -0.1) is 0 Å². The average molecular weight is 399 g/mol. The Kier molecular flexibility index (Phi) is 7.63. The number of aromatic nitrogens is 2. The van der Waals surface area contributed by atoms with Gasteiger partial charge in [-0.3, -0.25) is 14.8 Å². The van der Waals surface area contributed by atoms with Gasteiger partial charge in [0.25, 0.3) is 5.91 Å². The highest BCUT2D eigenvalue weighted by Gasteiger charge is 2.17. The highest BCUT2D eigenvalue weighted by molar-refractivity contribution is 5.92. The molecule has 2 aromatic rings. The van der Waals surface area contributed by atoms with Crippen molar-refractivity contribution in [3.05, 3.63) is 53.3 Å². The molecular weight excluding hydrogens is 368 g/mol. The van der Waals surface area contributed by atoms with E-state index in [1.54, 1.807) is 6.07 Å². The van der Waals surface area contributed by atoms with Crippen molar-refractivity contribution in [3.63, 3.8) is 0 Å². The standard InChI is InChI=1S/C21H30N6O2/c1-16-4-2-3-13-27(16)15-18-7-5-17(6-8-18)14-24-21(29)23-12-11-22-20(28)19-9-10-25-26-19/h5-10,16H,2-4,11-15H2,1H3,(H,22,28)(H,25,26)(H2,23,24,29). The van der Waals surface area contributed by atoms with Crippen molar-refractivity contribution in [2.75, 3.05) is 19.6 Å². The Morgan fingerprint density at radius 3 is 2.55 bits per heavy atom. The van der Waals surface area contributed by atoms with Crippen LogP contribution in [0.3, 0.4) is 0 Å². The van der Waals surface area contributed by atoms with Crippen LogP contribution in [0.5, 0.6) is 0 Å². The Labute approximate surface area is 171 Å². The van der Waals surface area contributed by atoms with Crippen LogP contribution >= 0.6 is 0 Å². The predicted octanol–water partition coefficient (Wildman–Crippen LogP) is 2.01. The molecule has 2 heterocycles. The van der Waals surface area contributed by atoms with E-state index in [-0.39, 0.29) is 11.9 Å². The van der Waals surface area contributed by atoms with Crippen molar-refractivity contribution in [1.29, 1.82) is 0 Å². The van der Waals surface area contributed by atoms with Gasteiger partial charge in [-0.1, -0.05) is 30.7 Å². The molecule has 1 aliphatic rings. The zero-order valence-electron chi connectivity index (χ0n) is 16.9. The number of urea groups is 1. The topological polar surface area (TPSA) is 102 Å². The summed E-state index contributed by atoms with van der Waals surface area (Å²) >= 11 is 0. The van der Waals surface area contributed by atoms with Crippen LogP contribution in [-0.4, -0.2) is 52.7 Å². The Hall–Kier alpha value is -2.87. The molecule has 0 saturated carbocycles. The van der Waals surface area contributed by atoms with Crippen LogP contribution in [0.15, 0.2) is 36.5 Å². The van der Waals surface area contributed by atoms with Gasteiger partial charge in [-0.25, -0.2) is 4.79 Å². The van der Waals surface area contributed by atoms with Crippen LogP contribution in [0.4, 0.5) is 4.79 Å². The van der Waals surface area contributed by atoms with Crippen LogP contribution in [-0.2, 0) is 13.1 Å². The van der Waals surface area contributed by atoms with E-state index in [1.165, 1.54) is 37.6 Å². The van der Waals surface area contributed by atoms with Crippen molar-refractivity contribution in [2.24, 2.45) is 0 Å². The molecular formula is C21H30N6O2. The van der Waals surface area contributed by atoms with E-state index in [2.05, 4.69) is 62.2 Å². The zero-order valence-corrected chi connectivity index (χ0v) is 16.9. The zero-order chi connectivity index (χ0) is 20.5. The number of benzene rings is 1. The maximum absolute atomic E-state index is 11.9. The molecule has 3 amide bonds. The van der Waals surface area contributed by atoms with Crippen molar-refractivity contribution in [3.8, 4) is 0 Å². The number of H-pyrrole nitrogens is 1. The first-order valence-corrected chi connectivity index (χ1v) is 10.2. The van der Waals surface area contributed by atoms with Crippen LogP contribution in [0.1, 0.15) is 47.8 Å². The van der Waals surface area contributed by atoms with Crippen LogP contribution in [0.25, 0.3) is 0 Å². The summed E-state index contributed by atoms with van der Waals surface area (Å²) in [5, 5.41) is 14.6. The minimum absolute atomic E-state index is 0.247. The summed E-state index contributed by atoms with van der Waals surface area (Å²) in [6.45, 7) is 5.62. The molecule has 1 saturated heterocycles. The summed E-state index contributed by atoms with van der Waals surface area (Å²) in [5.41, 5.74) is 2.76. The Balaban J connectivity index is 1.32. The maximum atomic E-state index is 11.9. The number of likely N-dealkylation sites (tertiary alicyclic amines) is 1. The van der Waals surface area contributed by atoms with Gasteiger partial charge in [-0.05, 0) is 43.5 Å². The Morgan fingerprint density at radius 2 is 1.83 bits per heavy atom. The molecule has 0 radical (unpaired) electrons. The second-order valence-corrected chi connectivity index (χ2v) is 7.47. The van der Waals surface area contributed by atoms with Gasteiger partial charge in [-0.2, -0.15) is 5.10 Å². The fraction of sp³-hybridized carbons (Fsp3) is 0.476. The number of nitrogens with one attached hydrogen (secondary N) is 4. The molecule has 3 rings (SSSR count). The lowest BCUT2D eigenvalue weighted by atomic mass is 10.0. The largest absolute Gasteiger partial charge is 0.349 e. The number of carbonyl (C=O) groups excluding carboxylic acids is 2. The third-order valence-electron chi connectivity index (χ3n) is 5.24. The lowest BCUT2D eigenvalue weighted by Crippen LogP contribution is -2.40. The summed E-state index contributed by atoms with van der Waals surface area (Å²) in [4.78, 5) is 26.2. The maximum Gasteiger partial charge on any atom is 0.315 e. The summed E-state index contributed by atoms with van der Waals surface area (Å²) in [6.07, 6.45) is 5.42. The van der Waals surface area contributed by atoms with Gasteiger partial charge in [0.1, 0.15) is 5.69 Å². The summed E-state index contributed by atoms with van der Waals surface area (Å²) < 4.78 is 0. The Morgan fingerprint density at radius 1 is 1.07 bits per heavy atom. The number of nitrogens with zero attached hydrogens (tertiary/aromatic N) is 2. The number of hydrogen-bond acceptors (Lipinski definition) is 4. The second-order valence-electron chi connectivity index (χ2n) is 7.47. The minimum Gasteiger partial charge on any atom is -0.349 e. The van der Waals surface area contributed by atoms with Crippen molar-refractivity contribution in [1.82, 2.24) is 31.0 Å². The lowest BCUT2D eigenvalue weighted by molar-refractivity contribution is 0.0949. The van der Waals surface area contributed by atoms with Crippen molar-refractivity contribution >= 4 is 11.9 Å². The molecule has 0 bridgehead atoms. The van der Waals surface area contributed by atoms with Gasteiger partial charge in [0.15, 0.2) is 0 Å². The third kappa shape index (κ3) is 6.60. The van der Waals surface area contributed by atoms with Gasteiger partial charge >= 0.3 is 6.03 Å². The number of carbonyl (C=O) groups is 2. The molecule has 29 heavy (non-hydrogen) atoms. The van der Waals surface area contributed by atoms with E-state index in [0.717, 1.165) is 12.1 Å². The second kappa shape index (κ2) is 10.6. The van der Waals surface area contributed by atoms with Crippen molar-refractivity contribution in [2.45, 2.75) is 45.3 Å². The van der Waals surface area contributed by atoms with E-state index < -0.39 is 0 Å². The number of amides is 3. The van der Waals surface area contributed by atoms with Gasteiger partial charge in [0.05, 0.1) is 0 Å². The fourth-order valence-corrected chi connectivity index (χ4v) is 3.46. The van der Waals surface area contributed by atoms with Crippen LogP contribution < -0.4 is 16.0 Å². The Bertz CT molecular complexity index is 775. The summed E-state index contributed by atoms with van der Waals surface area (Å²) in [5.74, 6) is -0.247. The minimum atomic E-state index is -0.257. The number of hydrogen-bond donors (Lipinski definition) is 4. The van der Waals surface area contributed by atoms with Crippen LogP contribution in [0, 0.1) is 0 Å². The molecule has 1 fully saturated rings. The molecule has 1 atom stereocenters. The first-order valence-electron chi connectivity index (χ1n) is 10.2. The summed E-state index contributed by atoms with van der Waals surface area (Å²) in [7, 11) is 0. The van der Waals surface area contributed by atoms with Crippen molar-refractivity contribution < 1.29 is 9.59 Å². The van der Waals surface area contributed by atoms with E-state index in [1.807, 2.05) is 0 Å². The molecule has 1 aliphatic heterocycles. The van der Waals surface area contributed by atoms with E-state index >= 15 is 0 Å². The number of rotatable bonds is 8. The molecule has 0 aliphatic carbocycles. The lowest BCUT2D eigenvalue weighted by Gasteiger charge is -2.33. The van der Waals surface area contributed by atoms with Gasteiger partial charge in [0, 0.05) is 38.4 Å². The number of aromatic amines is 1. The quantitative estimate of drug-likeness (QED) is 0.511. The van der Waals surface area contributed by atoms with E-state index in [9.17, 15) is 9.59 Å². The highest BCUT2D eigenvalue weighted by atomic mass is 16.2. The molecule has 8 heteroatoms. The first-order chi connectivity index (χ1) is 14.1. The average Bonchev–Trinajstić information content (AvgIpc) is 3.27. The molecule has 1 aromatic heterocycles. The molecule has 156 valence electrons. The summed E-state index contributed by atoms with van der Waals surface area (Å²) in [6, 6.07) is 10.4. The third-order valence-corrected chi connectivity index (χ3v) is 5.24. The predicted molar refractivity (Wildman–Crippen MR) is 111 cm³/mol. The van der Waals surface area contributed by atoms with Crippen LogP contribution in [0.2, 0.25) is 0 Å². The van der Waals surface area contributed by atoms with Gasteiger partial charge < -0.3 is 16.0 Å².